The van der Waals surface area contributed by atoms with Crippen molar-refractivity contribution in [2.75, 3.05) is 23.4 Å². The molecule has 1 unspecified atom stereocenters. The number of carbonyl (C=O) groups excluding carboxylic acids is 1. The average Bonchev–Trinajstić information content (AvgIpc) is 2.64. The van der Waals surface area contributed by atoms with Gasteiger partial charge in [-0.05, 0) is 56.9 Å². The van der Waals surface area contributed by atoms with E-state index < -0.39 is 15.6 Å². The Balaban J connectivity index is 1.84. The average molecular weight is 449 g/mol. The Labute approximate surface area is 183 Å². The van der Waals surface area contributed by atoms with E-state index in [9.17, 15) is 13.2 Å². The second-order valence-electron chi connectivity index (χ2n) is 8.20. The maximum atomic E-state index is 12.9. The molecule has 0 saturated carbocycles. The highest BCUT2D eigenvalue weighted by molar-refractivity contribution is 7.98. The lowest BCUT2D eigenvalue weighted by atomic mass is 9.89. The van der Waals surface area contributed by atoms with Crippen LogP contribution in [0.25, 0.3) is 0 Å². The van der Waals surface area contributed by atoms with Gasteiger partial charge in [-0.15, -0.1) is 11.8 Å². The van der Waals surface area contributed by atoms with Crippen LogP contribution in [0.5, 0.6) is 5.75 Å². The van der Waals surface area contributed by atoms with Crippen LogP contribution in [-0.4, -0.2) is 39.0 Å². The lowest BCUT2D eigenvalue weighted by Crippen LogP contribution is -2.45. The molecule has 1 atom stereocenters. The Hall–Kier alpha value is -2.19. The van der Waals surface area contributed by atoms with Crippen LogP contribution in [0.15, 0.2) is 47.4 Å². The van der Waals surface area contributed by atoms with Crippen LogP contribution in [0, 0.1) is 6.92 Å². The van der Waals surface area contributed by atoms with E-state index in [1.165, 1.54) is 11.8 Å². The SMILES string of the molecule is CSc1cccc(N(CC(=O)NC2CC(C)(C)Oc3cc(C)ccc32)S(C)(=O)=O)c1. The second-order valence-corrected chi connectivity index (χ2v) is 11.0. The third kappa shape index (κ3) is 5.29. The van der Waals surface area contributed by atoms with E-state index in [0.29, 0.717) is 12.1 Å². The minimum Gasteiger partial charge on any atom is -0.487 e. The quantitative estimate of drug-likeness (QED) is 0.679. The Kier molecular flexibility index (Phi) is 6.38. The summed E-state index contributed by atoms with van der Waals surface area (Å²) in [5.74, 6) is 0.397. The minimum atomic E-state index is -3.63. The monoisotopic (exact) mass is 448 g/mol. The van der Waals surface area contributed by atoms with Gasteiger partial charge in [0.05, 0.1) is 18.0 Å². The molecule has 2 aromatic rings. The first kappa shape index (κ1) is 22.5. The van der Waals surface area contributed by atoms with Crippen molar-refractivity contribution in [3.8, 4) is 5.75 Å². The van der Waals surface area contributed by atoms with Gasteiger partial charge < -0.3 is 10.1 Å². The molecule has 0 saturated heterocycles. The number of aryl methyl sites for hydroxylation is 1. The number of thioether (sulfide) groups is 1. The highest BCUT2D eigenvalue weighted by Crippen LogP contribution is 2.40. The molecule has 0 aromatic heterocycles. The van der Waals surface area contributed by atoms with Crippen molar-refractivity contribution in [2.24, 2.45) is 0 Å². The van der Waals surface area contributed by atoms with Gasteiger partial charge in [-0.25, -0.2) is 8.42 Å². The van der Waals surface area contributed by atoms with E-state index in [2.05, 4.69) is 5.32 Å². The highest BCUT2D eigenvalue weighted by atomic mass is 32.2. The number of nitrogens with zero attached hydrogens (tertiary/aromatic N) is 1. The molecule has 6 nitrogen and oxygen atoms in total. The predicted molar refractivity (Wildman–Crippen MR) is 122 cm³/mol. The van der Waals surface area contributed by atoms with Crippen LogP contribution >= 0.6 is 11.8 Å². The number of benzene rings is 2. The van der Waals surface area contributed by atoms with Gasteiger partial charge in [0, 0.05) is 16.9 Å². The molecule has 1 aliphatic rings. The fourth-order valence-corrected chi connectivity index (χ4v) is 4.93. The third-order valence-corrected chi connectivity index (χ3v) is 6.86. The molecule has 2 aromatic carbocycles. The van der Waals surface area contributed by atoms with E-state index in [4.69, 9.17) is 4.74 Å². The van der Waals surface area contributed by atoms with Gasteiger partial charge in [-0.1, -0.05) is 18.2 Å². The standard InChI is InChI=1S/C22H28N2O4S2/c1-15-9-10-18-19(13-22(2,3)28-20(18)11-15)23-21(25)14-24(30(5,26)27)16-7-6-8-17(12-16)29-4/h6-12,19H,13-14H2,1-5H3,(H,23,25). The summed E-state index contributed by atoms with van der Waals surface area (Å²) in [5, 5.41) is 3.02. The lowest BCUT2D eigenvalue weighted by molar-refractivity contribution is -0.120. The molecule has 1 heterocycles. The second kappa shape index (κ2) is 8.51. The largest absolute Gasteiger partial charge is 0.487 e. The van der Waals surface area contributed by atoms with Crippen molar-refractivity contribution in [1.29, 1.82) is 0 Å². The molecular weight excluding hydrogens is 420 g/mol. The van der Waals surface area contributed by atoms with Gasteiger partial charge in [0.25, 0.3) is 0 Å². The lowest BCUT2D eigenvalue weighted by Gasteiger charge is -2.38. The van der Waals surface area contributed by atoms with Gasteiger partial charge in [-0.2, -0.15) is 0 Å². The molecule has 0 fully saturated rings. The Bertz CT molecular complexity index is 1050. The molecule has 1 aliphatic heterocycles. The summed E-state index contributed by atoms with van der Waals surface area (Å²) >= 11 is 1.52. The fraction of sp³-hybridized carbons (Fsp3) is 0.409. The van der Waals surface area contributed by atoms with E-state index in [1.54, 1.807) is 18.2 Å². The van der Waals surface area contributed by atoms with Crippen LogP contribution in [0.1, 0.15) is 37.4 Å². The van der Waals surface area contributed by atoms with Crippen molar-refractivity contribution >= 4 is 33.4 Å². The maximum absolute atomic E-state index is 12.9. The van der Waals surface area contributed by atoms with E-state index in [0.717, 1.165) is 32.3 Å². The number of hydrogen-bond donors (Lipinski definition) is 1. The number of sulfonamides is 1. The smallest absolute Gasteiger partial charge is 0.241 e. The molecule has 0 aliphatic carbocycles. The van der Waals surface area contributed by atoms with Crippen LogP contribution in [-0.2, 0) is 14.8 Å². The van der Waals surface area contributed by atoms with Crippen molar-refractivity contribution in [3.05, 3.63) is 53.6 Å². The zero-order chi connectivity index (χ0) is 22.1. The van der Waals surface area contributed by atoms with Gasteiger partial charge in [-0.3, -0.25) is 9.10 Å². The first-order valence-electron chi connectivity index (χ1n) is 9.69. The first-order chi connectivity index (χ1) is 14.0. The molecule has 0 radical (unpaired) electrons. The molecule has 1 N–H and O–H groups in total. The summed E-state index contributed by atoms with van der Waals surface area (Å²) in [4.78, 5) is 13.8. The molecule has 8 heteroatoms. The molecule has 0 bridgehead atoms. The van der Waals surface area contributed by atoms with Crippen LogP contribution < -0.4 is 14.4 Å². The minimum absolute atomic E-state index is 0.254. The van der Waals surface area contributed by atoms with Gasteiger partial charge >= 0.3 is 0 Å². The van der Waals surface area contributed by atoms with E-state index in [-0.39, 0.29) is 18.5 Å². The number of rotatable bonds is 6. The van der Waals surface area contributed by atoms with Crippen molar-refractivity contribution in [3.63, 3.8) is 0 Å². The van der Waals surface area contributed by atoms with Crippen molar-refractivity contribution in [2.45, 2.75) is 43.7 Å². The third-order valence-electron chi connectivity index (χ3n) is 4.99. The number of hydrogen-bond acceptors (Lipinski definition) is 5. The normalized spacial score (nSPS) is 17.6. The van der Waals surface area contributed by atoms with E-state index in [1.807, 2.05) is 51.3 Å². The zero-order valence-electron chi connectivity index (χ0n) is 17.9. The Morgan fingerprint density at radius 2 is 2.00 bits per heavy atom. The summed E-state index contributed by atoms with van der Waals surface area (Å²) in [6.07, 6.45) is 3.62. The zero-order valence-corrected chi connectivity index (χ0v) is 19.6. The van der Waals surface area contributed by atoms with Crippen LogP contribution in [0.2, 0.25) is 0 Å². The summed E-state index contributed by atoms with van der Waals surface area (Å²) < 4.78 is 32.1. The highest BCUT2D eigenvalue weighted by Gasteiger charge is 2.35. The van der Waals surface area contributed by atoms with Crippen LogP contribution in [0.3, 0.4) is 0 Å². The van der Waals surface area contributed by atoms with Gasteiger partial charge in [0.2, 0.25) is 15.9 Å². The fourth-order valence-electron chi connectivity index (χ4n) is 3.62. The topological polar surface area (TPSA) is 75.7 Å². The van der Waals surface area contributed by atoms with Crippen LogP contribution in [0.4, 0.5) is 5.69 Å². The molecule has 162 valence electrons. The molecule has 0 spiro atoms. The number of carbonyl (C=O) groups is 1. The first-order valence-corrected chi connectivity index (χ1v) is 12.8. The summed E-state index contributed by atoms with van der Waals surface area (Å²) in [7, 11) is -3.63. The maximum Gasteiger partial charge on any atom is 0.241 e. The van der Waals surface area contributed by atoms with Gasteiger partial charge in [0.1, 0.15) is 17.9 Å². The number of nitrogens with one attached hydrogen (secondary N) is 1. The number of ether oxygens (including phenoxy) is 1. The summed E-state index contributed by atoms with van der Waals surface area (Å²) in [5.41, 5.74) is 2.02. The number of anilines is 1. The van der Waals surface area contributed by atoms with Gasteiger partial charge in [0.15, 0.2) is 0 Å². The number of fused-ring (bicyclic) bond motifs is 1. The predicted octanol–water partition coefficient (Wildman–Crippen LogP) is 3.90. The van der Waals surface area contributed by atoms with Crippen molar-refractivity contribution < 1.29 is 17.9 Å². The Morgan fingerprint density at radius 3 is 2.67 bits per heavy atom. The summed E-state index contributed by atoms with van der Waals surface area (Å²) in [6, 6.07) is 12.8. The summed E-state index contributed by atoms with van der Waals surface area (Å²) in [6.45, 7) is 5.67. The molecule has 3 rings (SSSR count). The van der Waals surface area contributed by atoms with E-state index >= 15 is 0 Å². The molecule has 30 heavy (non-hydrogen) atoms. The molecular formula is C22H28N2O4S2. The Morgan fingerprint density at radius 1 is 1.27 bits per heavy atom. The number of amides is 1. The van der Waals surface area contributed by atoms with Crippen molar-refractivity contribution in [1.82, 2.24) is 5.32 Å². The molecule has 1 amide bonds.